The van der Waals surface area contributed by atoms with Gasteiger partial charge in [-0.25, -0.2) is 13.2 Å². The zero-order valence-electron chi connectivity index (χ0n) is 7.43. The lowest BCUT2D eigenvalue weighted by atomic mass is 10.1. The third-order valence-electron chi connectivity index (χ3n) is 1.85. The van der Waals surface area contributed by atoms with Gasteiger partial charge in [-0.3, -0.25) is 0 Å². The monoisotopic (exact) mass is 201 g/mol. The molecule has 0 heterocycles. The van der Waals surface area contributed by atoms with E-state index in [4.69, 9.17) is 5.73 Å². The van der Waals surface area contributed by atoms with Gasteiger partial charge in [0.05, 0.1) is 0 Å². The topological polar surface area (TPSA) is 26.0 Å². The summed E-state index contributed by atoms with van der Waals surface area (Å²) in [5, 5.41) is 0. The summed E-state index contributed by atoms with van der Waals surface area (Å²) in [6.07, 6.45) is 1.52. The van der Waals surface area contributed by atoms with E-state index < -0.39 is 23.5 Å². The molecule has 1 aromatic rings. The fourth-order valence-electron chi connectivity index (χ4n) is 1.06. The Morgan fingerprint density at radius 1 is 1.21 bits per heavy atom. The van der Waals surface area contributed by atoms with E-state index in [-0.39, 0.29) is 12.0 Å². The molecule has 1 atom stereocenters. The largest absolute Gasteiger partial charge is 0.324 e. The quantitative estimate of drug-likeness (QED) is 0.588. The average molecular weight is 201 g/mol. The van der Waals surface area contributed by atoms with E-state index in [1.54, 1.807) is 0 Å². The number of hydrogen-bond donors (Lipinski definition) is 1. The van der Waals surface area contributed by atoms with Gasteiger partial charge >= 0.3 is 0 Å². The van der Waals surface area contributed by atoms with Crippen molar-refractivity contribution in [2.45, 2.75) is 12.5 Å². The van der Waals surface area contributed by atoms with Gasteiger partial charge < -0.3 is 5.73 Å². The molecule has 0 bridgehead atoms. The number of halogens is 3. The summed E-state index contributed by atoms with van der Waals surface area (Å²) in [6, 6.07) is 0.864. The molecule has 2 N–H and O–H groups in total. The molecule has 0 aliphatic rings. The number of hydrogen-bond acceptors (Lipinski definition) is 1. The van der Waals surface area contributed by atoms with E-state index in [0.717, 1.165) is 6.07 Å². The van der Waals surface area contributed by atoms with Gasteiger partial charge in [0, 0.05) is 12.1 Å². The molecule has 0 amide bonds. The van der Waals surface area contributed by atoms with Crippen LogP contribution in [-0.4, -0.2) is 6.04 Å². The van der Waals surface area contributed by atoms with Crippen molar-refractivity contribution in [3.8, 4) is 0 Å². The maximum Gasteiger partial charge on any atom is 0.161 e. The molecule has 76 valence electrons. The van der Waals surface area contributed by atoms with E-state index in [2.05, 4.69) is 6.58 Å². The summed E-state index contributed by atoms with van der Waals surface area (Å²) >= 11 is 0. The lowest BCUT2D eigenvalue weighted by Gasteiger charge is -2.07. The molecule has 0 aromatic heterocycles. The molecular weight excluding hydrogens is 191 g/mol. The first-order valence-electron chi connectivity index (χ1n) is 4.06. The highest BCUT2D eigenvalue weighted by Crippen LogP contribution is 2.14. The van der Waals surface area contributed by atoms with Gasteiger partial charge in [0.1, 0.15) is 5.82 Å². The molecular formula is C10H10F3N. The maximum atomic E-state index is 13.0. The molecule has 1 unspecified atom stereocenters. The van der Waals surface area contributed by atoms with Crippen LogP contribution in [0.25, 0.3) is 0 Å². The Morgan fingerprint density at radius 2 is 1.79 bits per heavy atom. The van der Waals surface area contributed by atoms with Gasteiger partial charge in [0.15, 0.2) is 11.6 Å². The molecule has 0 aliphatic carbocycles. The van der Waals surface area contributed by atoms with Gasteiger partial charge in [0.25, 0.3) is 0 Å². The molecule has 1 nitrogen and oxygen atoms in total. The Morgan fingerprint density at radius 3 is 2.36 bits per heavy atom. The van der Waals surface area contributed by atoms with Crippen LogP contribution in [-0.2, 0) is 6.42 Å². The minimum Gasteiger partial charge on any atom is -0.324 e. The Hall–Kier alpha value is -1.29. The SMILES string of the molecule is C=CC(N)Cc1cc(F)c(F)cc1F. The molecule has 1 rings (SSSR count). The zero-order valence-corrected chi connectivity index (χ0v) is 7.43. The van der Waals surface area contributed by atoms with Crippen molar-refractivity contribution in [3.05, 3.63) is 47.8 Å². The zero-order chi connectivity index (χ0) is 10.7. The third kappa shape index (κ3) is 2.35. The van der Waals surface area contributed by atoms with Crippen LogP contribution in [0.4, 0.5) is 13.2 Å². The van der Waals surface area contributed by atoms with Gasteiger partial charge in [-0.2, -0.15) is 0 Å². The van der Waals surface area contributed by atoms with Crippen LogP contribution in [0.15, 0.2) is 24.8 Å². The van der Waals surface area contributed by atoms with Gasteiger partial charge in [0.2, 0.25) is 0 Å². The highest BCUT2D eigenvalue weighted by molar-refractivity contribution is 5.21. The molecule has 0 fully saturated rings. The van der Waals surface area contributed by atoms with E-state index >= 15 is 0 Å². The van der Waals surface area contributed by atoms with E-state index in [1.165, 1.54) is 6.08 Å². The van der Waals surface area contributed by atoms with Crippen LogP contribution in [0, 0.1) is 17.5 Å². The van der Waals surface area contributed by atoms with Crippen LogP contribution in [0.2, 0.25) is 0 Å². The second kappa shape index (κ2) is 4.28. The van der Waals surface area contributed by atoms with Crippen molar-refractivity contribution in [1.29, 1.82) is 0 Å². The van der Waals surface area contributed by atoms with Crippen molar-refractivity contribution < 1.29 is 13.2 Å². The Balaban J connectivity index is 2.97. The summed E-state index contributed by atoms with van der Waals surface area (Å²) in [5.41, 5.74) is 5.51. The average Bonchev–Trinajstić information content (AvgIpc) is 2.14. The van der Waals surface area contributed by atoms with Crippen LogP contribution in [0.5, 0.6) is 0 Å². The van der Waals surface area contributed by atoms with E-state index in [9.17, 15) is 13.2 Å². The molecule has 0 aliphatic heterocycles. The van der Waals surface area contributed by atoms with Gasteiger partial charge in [-0.1, -0.05) is 6.08 Å². The van der Waals surface area contributed by atoms with Crippen molar-refractivity contribution >= 4 is 0 Å². The predicted molar refractivity (Wildman–Crippen MR) is 48.2 cm³/mol. The first-order valence-corrected chi connectivity index (χ1v) is 4.06. The van der Waals surface area contributed by atoms with Crippen LogP contribution >= 0.6 is 0 Å². The number of rotatable bonds is 3. The summed E-state index contributed by atoms with van der Waals surface area (Å²) in [7, 11) is 0. The standard InChI is InChI=1S/C10H10F3N/c1-2-7(14)3-6-4-9(12)10(13)5-8(6)11/h2,4-5,7H,1,3,14H2. The lowest BCUT2D eigenvalue weighted by Crippen LogP contribution is -2.20. The summed E-state index contributed by atoms with van der Waals surface area (Å²) in [5.74, 6) is -3.06. The normalized spacial score (nSPS) is 12.6. The van der Waals surface area contributed by atoms with Crippen LogP contribution in [0.3, 0.4) is 0 Å². The molecule has 0 spiro atoms. The van der Waals surface area contributed by atoms with E-state index in [1.807, 2.05) is 0 Å². The lowest BCUT2D eigenvalue weighted by molar-refractivity contribution is 0.489. The number of nitrogens with two attached hydrogens (primary N) is 1. The first-order chi connectivity index (χ1) is 6.54. The van der Waals surface area contributed by atoms with E-state index in [0.29, 0.717) is 6.07 Å². The second-order valence-corrected chi connectivity index (χ2v) is 2.96. The molecule has 0 saturated heterocycles. The molecule has 14 heavy (non-hydrogen) atoms. The summed E-state index contributed by atoms with van der Waals surface area (Å²) in [6.45, 7) is 3.41. The number of benzene rings is 1. The molecule has 0 saturated carbocycles. The minimum absolute atomic E-state index is 0.0521. The predicted octanol–water partition coefficient (Wildman–Crippen LogP) is 2.16. The fraction of sp³-hybridized carbons (Fsp3) is 0.200. The maximum absolute atomic E-state index is 13.0. The van der Waals surface area contributed by atoms with Crippen LogP contribution in [0.1, 0.15) is 5.56 Å². The van der Waals surface area contributed by atoms with Crippen molar-refractivity contribution in [3.63, 3.8) is 0 Å². The van der Waals surface area contributed by atoms with Gasteiger partial charge in [-0.05, 0) is 18.1 Å². The van der Waals surface area contributed by atoms with Gasteiger partial charge in [-0.15, -0.1) is 6.58 Å². The molecule has 4 heteroatoms. The Kier molecular flexibility index (Phi) is 3.30. The molecule has 0 radical (unpaired) electrons. The fourth-order valence-corrected chi connectivity index (χ4v) is 1.06. The van der Waals surface area contributed by atoms with Crippen molar-refractivity contribution in [1.82, 2.24) is 0 Å². The summed E-state index contributed by atoms with van der Waals surface area (Å²) < 4.78 is 38.2. The first kappa shape index (κ1) is 10.8. The molecule has 1 aromatic carbocycles. The highest BCUT2D eigenvalue weighted by Gasteiger charge is 2.11. The van der Waals surface area contributed by atoms with Crippen molar-refractivity contribution in [2.75, 3.05) is 0 Å². The van der Waals surface area contributed by atoms with Crippen LogP contribution < -0.4 is 5.73 Å². The smallest absolute Gasteiger partial charge is 0.161 e. The Bertz CT molecular complexity index is 349. The second-order valence-electron chi connectivity index (χ2n) is 2.96. The minimum atomic E-state index is -1.20. The highest BCUT2D eigenvalue weighted by atomic mass is 19.2. The third-order valence-corrected chi connectivity index (χ3v) is 1.85. The Labute approximate surface area is 80.0 Å². The van der Waals surface area contributed by atoms with Crippen molar-refractivity contribution in [2.24, 2.45) is 5.73 Å². The summed E-state index contributed by atoms with van der Waals surface area (Å²) in [4.78, 5) is 0.